The molecule has 0 unspecified atom stereocenters. The van der Waals surface area contributed by atoms with Crippen LogP contribution in [0.25, 0.3) is 22.6 Å². The number of nitrogens with one attached hydrogen (secondary N) is 2. The molecule has 112 valence electrons. The molecule has 2 aliphatic heterocycles. The second-order valence-electron chi connectivity index (χ2n) is 5.47. The number of rotatable bonds is 1. The van der Waals surface area contributed by atoms with Crippen LogP contribution in [0.3, 0.4) is 0 Å². The van der Waals surface area contributed by atoms with Crippen molar-refractivity contribution >= 4 is 16.8 Å². The highest BCUT2D eigenvalue weighted by atomic mass is 16.5. The van der Waals surface area contributed by atoms with E-state index in [4.69, 9.17) is 14.1 Å². The van der Waals surface area contributed by atoms with Crippen molar-refractivity contribution in [2.24, 2.45) is 0 Å². The lowest BCUT2D eigenvalue weighted by Gasteiger charge is -2.19. The van der Waals surface area contributed by atoms with E-state index in [1.54, 1.807) is 0 Å². The van der Waals surface area contributed by atoms with E-state index in [0.717, 1.165) is 58.0 Å². The summed E-state index contributed by atoms with van der Waals surface area (Å²) in [6.07, 6.45) is 0. The van der Waals surface area contributed by atoms with Crippen LogP contribution in [0.15, 0.2) is 28.7 Å². The zero-order valence-electron chi connectivity index (χ0n) is 12.7. The Bertz CT molecular complexity index is 898. The van der Waals surface area contributed by atoms with Gasteiger partial charge < -0.3 is 14.5 Å². The average molecular weight is 296 g/mol. The van der Waals surface area contributed by atoms with E-state index in [2.05, 4.69) is 30.2 Å². The minimum Gasteiger partial charge on any atom is -0.490 e. The molecule has 0 radical (unpaired) electrons. The lowest BCUT2D eigenvalue weighted by Crippen LogP contribution is -2.76. The van der Waals surface area contributed by atoms with Gasteiger partial charge in [0.15, 0.2) is 11.3 Å². The molecule has 5 nitrogen and oxygen atoms in total. The Labute approximate surface area is 128 Å². The van der Waals surface area contributed by atoms with E-state index >= 15 is 0 Å². The van der Waals surface area contributed by atoms with Crippen molar-refractivity contribution in [2.75, 3.05) is 25.0 Å². The molecule has 0 bridgehead atoms. The number of aryl methyl sites for hydroxylation is 1. The smallest absolute Gasteiger partial charge is 0.205 e. The summed E-state index contributed by atoms with van der Waals surface area (Å²) in [6.45, 7) is 6.51. The van der Waals surface area contributed by atoms with Crippen LogP contribution in [-0.4, -0.2) is 24.7 Å². The van der Waals surface area contributed by atoms with Crippen LogP contribution < -0.4 is 20.4 Å². The Morgan fingerprint density at radius 2 is 2.18 bits per heavy atom. The number of nitrogens with zero attached hydrogens (tertiary/aromatic N) is 1. The third-order valence-corrected chi connectivity index (χ3v) is 3.87. The summed E-state index contributed by atoms with van der Waals surface area (Å²) in [5.74, 6) is 1.62. The predicted molar refractivity (Wildman–Crippen MR) is 84.0 cm³/mol. The van der Waals surface area contributed by atoms with Gasteiger partial charge in [-0.25, -0.2) is 9.98 Å². The van der Waals surface area contributed by atoms with Crippen LogP contribution in [0, 0.1) is 6.92 Å². The minimum atomic E-state index is 0.675. The van der Waals surface area contributed by atoms with Crippen LogP contribution in [0.1, 0.15) is 12.5 Å². The summed E-state index contributed by atoms with van der Waals surface area (Å²) in [6, 6.07) is 7.97. The maximum absolute atomic E-state index is 6.06. The van der Waals surface area contributed by atoms with Crippen molar-refractivity contribution in [3.05, 3.63) is 35.2 Å². The van der Waals surface area contributed by atoms with Gasteiger partial charge >= 0.3 is 0 Å². The van der Waals surface area contributed by atoms with E-state index in [1.807, 2.05) is 18.2 Å². The van der Waals surface area contributed by atoms with Gasteiger partial charge in [-0.2, -0.15) is 0 Å². The molecule has 2 N–H and O–H groups in total. The molecule has 0 saturated heterocycles. The summed E-state index contributed by atoms with van der Waals surface area (Å²) in [5.41, 5.74) is 4.55. The zero-order valence-corrected chi connectivity index (χ0v) is 12.7. The molecule has 3 aliphatic rings. The Kier molecular flexibility index (Phi) is 2.99. The van der Waals surface area contributed by atoms with Gasteiger partial charge in [0.2, 0.25) is 5.36 Å². The van der Waals surface area contributed by atoms with Gasteiger partial charge in [0.1, 0.15) is 30.1 Å². The molecule has 2 heterocycles. The van der Waals surface area contributed by atoms with Crippen molar-refractivity contribution in [1.82, 2.24) is 4.98 Å². The Hall–Kier alpha value is -2.56. The zero-order chi connectivity index (χ0) is 15.1. The topological polar surface area (TPSA) is 61.3 Å². The summed E-state index contributed by atoms with van der Waals surface area (Å²) < 4.78 is 11.7. The summed E-state index contributed by atoms with van der Waals surface area (Å²) in [4.78, 5) is 8.06. The van der Waals surface area contributed by atoms with Gasteiger partial charge in [0.25, 0.3) is 0 Å². The van der Waals surface area contributed by atoms with Gasteiger partial charge in [0, 0.05) is 24.2 Å². The third-order valence-electron chi connectivity index (χ3n) is 3.87. The molecule has 0 spiro atoms. The largest absolute Gasteiger partial charge is 0.490 e. The number of benzene rings is 2. The van der Waals surface area contributed by atoms with Crippen molar-refractivity contribution in [1.29, 1.82) is 0 Å². The molecule has 4 rings (SSSR count). The molecule has 1 aromatic rings. The second-order valence-corrected chi connectivity index (χ2v) is 5.47. The Balaban J connectivity index is 1.99. The molecule has 0 aromatic heterocycles. The number of hydrogen-bond acceptors (Lipinski definition) is 4. The molecule has 0 saturated carbocycles. The fourth-order valence-electron chi connectivity index (χ4n) is 2.79. The van der Waals surface area contributed by atoms with E-state index in [9.17, 15) is 0 Å². The van der Waals surface area contributed by atoms with Crippen LogP contribution in [0.4, 0.5) is 5.69 Å². The normalized spacial score (nSPS) is 14.7. The number of ether oxygens (including phenoxy) is 1. The van der Waals surface area contributed by atoms with E-state index in [1.165, 1.54) is 0 Å². The summed E-state index contributed by atoms with van der Waals surface area (Å²) in [5, 5.41) is 4.40. The molecule has 1 aliphatic carbocycles. The SMILES string of the molecule is CC[NH+]=c1cc2oc3cc4c(cc3nc-2cc1C)OCCN4. The molecular weight excluding hydrogens is 278 g/mol. The summed E-state index contributed by atoms with van der Waals surface area (Å²) >= 11 is 0. The molecule has 22 heavy (non-hydrogen) atoms. The molecule has 0 amide bonds. The Morgan fingerprint density at radius 3 is 3.05 bits per heavy atom. The number of hydrogen-bond donors (Lipinski definition) is 2. The molecular formula is C17H18N3O2+. The quantitative estimate of drug-likeness (QED) is 0.659. The predicted octanol–water partition coefficient (Wildman–Crippen LogP) is 1.05. The molecule has 0 atom stereocenters. The van der Waals surface area contributed by atoms with Gasteiger partial charge in [0.05, 0.1) is 11.8 Å². The van der Waals surface area contributed by atoms with Crippen LogP contribution >= 0.6 is 0 Å². The fraction of sp³-hybridized carbons (Fsp3) is 0.294. The first-order valence-electron chi connectivity index (χ1n) is 7.57. The monoisotopic (exact) mass is 296 g/mol. The second kappa shape index (κ2) is 5.02. The standard InChI is InChI=1S/C17H17N3O2/c1-3-18-11-7-16-13(6-10(11)2)20-14-9-15-12(8-17(14)22-16)19-4-5-21-15/h6-9,19H,3-5H2,1-2H3/p+1. The minimum absolute atomic E-state index is 0.675. The fourth-order valence-corrected chi connectivity index (χ4v) is 2.79. The lowest BCUT2D eigenvalue weighted by molar-refractivity contribution is -0.496. The van der Waals surface area contributed by atoms with Gasteiger partial charge in [-0.3, -0.25) is 0 Å². The molecule has 0 fully saturated rings. The number of fused-ring (bicyclic) bond motifs is 3. The molecule has 1 aromatic carbocycles. The highest BCUT2D eigenvalue weighted by Gasteiger charge is 2.16. The maximum atomic E-state index is 6.06. The van der Waals surface area contributed by atoms with Gasteiger partial charge in [-0.1, -0.05) is 0 Å². The average Bonchev–Trinajstić information content (AvgIpc) is 2.52. The lowest BCUT2D eigenvalue weighted by atomic mass is 10.1. The highest BCUT2D eigenvalue weighted by Crippen LogP contribution is 2.34. The first-order chi connectivity index (χ1) is 10.7. The maximum Gasteiger partial charge on any atom is 0.205 e. The Morgan fingerprint density at radius 1 is 1.27 bits per heavy atom. The van der Waals surface area contributed by atoms with E-state index in [0.29, 0.717) is 6.61 Å². The van der Waals surface area contributed by atoms with Crippen LogP contribution in [0.2, 0.25) is 0 Å². The van der Waals surface area contributed by atoms with Crippen LogP contribution in [-0.2, 0) is 0 Å². The third kappa shape index (κ3) is 2.09. The van der Waals surface area contributed by atoms with Crippen molar-refractivity contribution < 1.29 is 14.1 Å². The van der Waals surface area contributed by atoms with Crippen LogP contribution in [0.5, 0.6) is 5.75 Å². The van der Waals surface area contributed by atoms with Crippen molar-refractivity contribution in [3.8, 4) is 17.2 Å². The van der Waals surface area contributed by atoms with E-state index < -0.39 is 0 Å². The first kappa shape index (κ1) is 13.1. The van der Waals surface area contributed by atoms with Gasteiger partial charge in [-0.05, 0) is 19.9 Å². The number of anilines is 1. The highest BCUT2D eigenvalue weighted by molar-refractivity contribution is 5.83. The number of aromatic nitrogens is 1. The van der Waals surface area contributed by atoms with Crippen molar-refractivity contribution in [3.63, 3.8) is 0 Å². The van der Waals surface area contributed by atoms with Crippen molar-refractivity contribution in [2.45, 2.75) is 13.8 Å². The van der Waals surface area contributed by atoms with E-state index in [-0.39, 0.29) is 0 Å². The molecule has 5 heteroatoms. The first-order valence-corrected chi connectivity index (χ1v) is 7.57. The van der Waals surface area contributed by atoms with Gasteiger partial charge in [-0.15, -0.1) is 0 Å². The summed E-state index contributed by atoms with van der Waals surface area (Å²) in [7, 11) is 0.